The molecule has 0 bridgehead atoms. The molecule has 0 atom stereocenters. The number of benzene rings is 1. The van der Waals surface area contributed by atoms with E-state index in [1.807, 2.05) is 22.5 Å². The van der Waals surface area contributed by atoms with Crippen LogP contribution in [0.25, 0.3) is 0 Å². The van der Waals surface area contributed by atoms with E-state index in [-0.39, 0.29) is 0 Å². The van der Waals surface area contributed by atoms with Crippen molar-refractivity contribution in [3.63, 3.8) is 0 Å². The van der Waals surface area contributed by atoms with Crippen molar-refractivity contribution in [1.82, 2.24) is 9.78 Å². The number of aromatic nitrogens is 2. The van der Waals surface area contributed by atoms with Gasteiger partial charge in [-0.3, -0.25) is 0 Å². The molecular weight excluding hydrogens is 409 g/mol. The predicted octanol–water partition coefficient (Wildman–Crippen LogP) is 8.44. The SMILES string of the molecule is CCCCCCCCCCCCSc1nn(CSc2ccccc2)c(=S)s1. The summed E-state index contributed by atoms with van der Waals surface area (Å²) >= 11 is 10.8. The fraction of sp³-hybridized carbons (Fsp3) is 0.619. The van der Waals surface area contributed by atoms with Gasteiger partial charge in [-0.2, -0.15) is 5.10 Å². The van der Waals surface area contributed by atoms with Crippen LogP contribution in [0.1, 0.15) is 71.1 Å². The Hall–Kier alpha value is -0.300. The fourth-order valence-corrected chi connectivity index (χ4v) is 6.20. The summed E-state index contributed by atoms with van der Waals surface area (Å²) in [7, 11) is 0. The van der Waals surface area contributed by atoms with E-state index in [2.05, 4.69) is 36.3 Å². The molecule has 0 aliphatic carbocycles. The lowest BCUT2D eigenvalue weighted by Gasteiger charge is -2.02. The third-order valence-electron chi connectivity index (χ3n) is 4.41. The van der Waals surface area contributed by atoms with E-state index in [0.717, 1.165) is 19.9 Å². The van der Waals surface area contributed by atoms with E-state index in [4.69, 9.17) is 12.2 Å². The lowest BCUT2D eigenvalue weighted by Crippen LogP contribution is -1.96. The first kappa shape index (κ1) is 23.0. The largest absolute Gasteiger partial charge is 0.233 e. The highest BCUT2D eigenvalue weighted by Gasteiger charge is 2.05. The van der Waals surface area contributed by atoms with Crippen molar-refractivity contribution in [3.8, 4) is 0 Å². The van der Waals surface area contributed by atoms with Crippen LogP contribution >= 0.6 is 47.1 Å². The average molecular weight is 441 g/mol. The van der Waals surface area contributed by atoms with Crippen LogP contribution in [0, 0.1) is 3.95 Å². The van der Waals surface area contributed by atoms with Gasteiger partial charge in [-0.05, 0) is 30.8 Å². The second-order valence-electron chi connectivity index (χ2n) is 6.75. The van der Waals surface area contributed by atoms with Crippen LogP contribution in [-0.4, -0.2) is 15.5 Å². The Balaban J connectivity index is 1.53. The van der Waals surface area contributed by atoms with Crippen LogP contribution < -0.4 is 0 Å². The minimum absolute atomic E-state index is 0.790. The van der Waals surface area contributed by atoms with Crippen LogP contribution in [0.3, 0.4) is 0 Å². The summed E-state index contributed by atoms with van der Waals surface area (Å²) in [6, 6.07) is 10.4. The van der Waals surface area contributed by atoms with Gasteiger partial charge in [0.25, 0.3) is 0 Å². The summed E-state index contributed by atoms with van der Waals surface area (Å²) in [5.74, 6) is 1.95. The average Bonchev–Trinajstić information content (AvgIpc) is 3.05. The van der Waals surface area contributed by atoms with Crippen molar-refractivity contribution in [2.24, 2.45) is 0 Å². The van der Waals surface area contributed by atoms with Crippen molar-refractivity contribution in [1.29, 1.82) is 0 Å². The minimum atomic E-state index is 0.790. The van der Waals surface area contributed by atoms with Crippen LogP contribution in [0.5, 0.6) is 0 Å². The number of unbranched alkanes of at least 4 members (excludes halogenated alkanes) is 9. The molecule has 0 aliphatic rings. The first-order valence-electron chi connectivity index (χ1n) is 10.2. The Morgan fingerprint density at radius 2 is 1.52 bits per heavy atom. The van der Waals surface area contributed by atoms with Crippen LogP contribution in [-0.2, 0) is 5.88 Å². The van der Waals surface area contributed by atoms with Gasteiger partial charge in [-0.1, -0.05) is 106 Å². The van der Waals surface area contributed by atoms with E-state index in [0.29, 0.717) is 0 Å². The van der Waals surface area contributed by atoms with Crippen molar-refractivity contribution in [2.45, 2.75) is 86.2 Å². The van der Waals surface area contributed by atoms with Crippen molar-refractivity contribution in [2.75, 3.05) is 5.75 Å². The molecule has 0 saturated heterocycles. The lowest BCUT2D eigenvalue weighted by molar-refractivity contribution is 0.563. The molecule has 1 heterocycles. The maximum absolute atomic E-state index is 5.47. The maximum atomic E-state index is 5.47. The molecular formula is C21H32N2S4. The normalized spacial score (nSPS) is 11.1. The molecule has 0 aliphatic heterocycles. The molecule has 2 aromatic rings. The highest BCUT2D eigenvalue weighted by molar-refractivity contribution is 8.01. The molecule has 2 nitrogen and oxygen atoms in total. The summed E-state index contributed by atoms with van der Waals surface area (Å²) in [4.78, 5) is 1.26. The van der Waals surface area contributed by atoms with Crippen LogP contribution in [0.2, 0.25) is 0 Å². The monoisotopic (exact) mass is 440 g/mol. The number of hydrogen-bond acceptors (Lipinski definition) is 5. The van der Waals surface area contributed by atoms with E-state index < -0.39 is 0 Å². The molecule has 0 spiro atoms. The molecule has 0 amide bonds. The Bertz CT molecular complexity index is 666. The maximum Gasteiger partial charge on any atom is 0.180 e. The topological polar surface area (TPSA) is 17.8 Å². The molecule has 0 radical (unpaired) electrons. The predicted molar refractivity (Wildman–Crippen MR) is 126 cm³/mol. The standard InChI is InChI=1S/C21H32N2S4/c1-2-3-4-5-6-7-8-9-10-14-17-25-20-22-23(21(24)27-20)18-26-19-15-12-11-13-16-19/h11-13,15-16H,2-10,14,17-18H2,1H3. The smallest absolute Gasteiger partial charge is 0.180 e. The van der Waals surface area contributed by atoms with Gasteiger partial charge in [-0.15, -0.1) is 11.8 Å². The summed E-state index contributed by atoms with van der Waals surface area (Å²) < 4.78 is 3.95. The molecule has 0 saturated carbocycles. The van der Waals surface area contributed by atoms with Gasteiger partial charge in [0.1, 0.15) is 0 Å². The van der Waals surface area contributed by atoms with Gasteiger partial charge >= 0.3 is 0 Å². The fourth-order valence-electron chi connectivity index (χ4n) is 2.83. The number of rotatable bonds is 15. The molecule has 6 heteroatoms. The van der Waals surface area contributed by atoms with Gasteiger partial charge in [-0.25, -0.2) is 4.68 Å². The van der Waals surface area contributed by atoms with Crippen molar-refractivity contribution >= 4 is 47.1 Å². The molecule has 150 valence electrons. The Morgan fingerprint density at radius 3 is 2.19 bits per heavy atom. The highest BCUT2D eigenvalue weighted by Crippen LogP contribution is 2.26. The summed E-state index contributed by atoms with van der Waals surface area (Å²) in [6.45, 7) is 2.28. The Labute approximate surface area is 182 Å². The Kier molecular flexibility index (Phi) is 12.5. The molecule has 2 rings (SSSR count). The second kappa shape index (κ2) is 14.7. The first-order valence-corrected chi connectivity index (χ1v) is 13.4. The molecule has 27 heavy (non-hydrogen) atoms. The number of thioether (sulfide) groups is 2. The molecule has 0 unspecified atom stereocenters. The van der Waals surface area contributed by atoms with Gasteiger partial charge in [0.05, 0.1) is 5.88 Å². The zero-order chi connectivity index (χ0) is 19.2. The number of nitrogens with zero attached hydrogens (tertiary/aromatic N) is 2. The first-order chi connectivity index (χ1) is 13.3. The second-order valence-corrected chi connectivity index (χ2v) is 10.7. The highest BCUT2D eigenvalue weighted by atomic mass is 32.2. The molecule has 1 aromatic heterocycles. The van der Waals surface area contributed by atoms with E-state index >= 15 is 0 Å². The zero-order valence-electron chi connectivity index (χ0n) is 16.4. The molecule has 1 aromatic carbocycles. The molecule has 0 fully saturated rings. The van der Waals surface area contributed by atoms with Gasteiger partial charge in [0, 0.05) is 10.6 Å². The lowest BCUT2D eigenvalue weighted by atomic mass is 10.1. The summed E-state index contributed by atoms with van der Waals surface area (Å²) in [5.41, 5.74) is 0. The quantitative estimate of drug-likeness (QED) is 0.157. The van der Waals surface area contributed by atoms with Gasteiger partial charge in [0.15, 0.2) is 8.29 Å². The minimum Gasteiger partial charge on any atom is -0.233 e. The van der Waals surface area contributed by atoms with Crippen molar-refractivity contribution < 1.29 is 0 Å². The zero-order valence-corrected chi connectivity index (χ0v) is 19.7. The Morgan fingerprint density at radius 1 is 0.889 bits per heavy atom. The van der Waals surface area contributed by atoms with E-state index in [1.54, 1.807) is 23.1 Å². The summed E-state index contributed by atoms with van der Waals surface area (Å²) in [5, 5.41) is 4.68. The van der Waals surface area contributed by atoms with Crippen LogP contribution in [0.4, 0.5) is 0 Å². The molecule has 0 N–H and O–H groups in total. The van der Waals surface area contributed by atoms with E-state index in [9.17, 15) is 0 Å². The third-order valence-corrected chi connectivity index (χ3v) is 7.91. The van der Waals surface area contributed by atoms with E-state index in [1.165, 1.54) is 69.1 Å². The third kappa shape index (κ3) is 10.2. The van der Waals surface area contributed by atoms with Gasteiger partial charge in [0.2, 0.25) is 0 Å². The number of hydrogen-bond donors (Lipinski definition) is 0. The van der Waals surface area contributed by atoms with Crippen molar-refractivity contribution in [3.05, 3.63) is 34.3 Å². The van der Waals surface area contributed by atoms with Crippen LogP contribution in [0.15, 0.2) is 39.6 Å². The summed E-state index contributed by atoms with van der Waals surface area (Å²) in [6.07, 6.45) is 13.9. The van der Waals surface area contributed by atoms with Gasteiger partial charge < -0.3 is 0 Å².